The van der Waals surface area contributed by atoms with E-state index in [2.05, 4.69) is 38.3 Å². The third kappa shape index (κ3) is 4.49. The van der Waals surface area contributed by atoms with E-state index < -0.39 is 0 Å². The standard InChI is InChI=1S/C15H24N2O/c1-11-8-6-7-9-13(11)17-14(18)10-16-12(2)15(3,4)5/h6-9,12,16H,10H2,1-5H3,(H,17,18). The van der Waals surface area contributed by atoms with Crippen LogP contribution in [0, 0.1) is 12.3 Å². The molecule has 1 aromatic carbocycles. The van der Waals surface area contributed by atoms with Gasteiger partial charge >= 0.3 is 0 Å². The van der Waals surface area contributed by atoms with E-state index in [1.54, 1.807) is 0 Å². The van der Waals surface area contributed by atoms with Crippen LogP contribution in [0.5, 0.6) is 0 Å². The van der Waals surface area contributed by atoms with Crippen LogP contribution in [0.2, 0.25) is 0 Å². The molecule has 3 nitrogen and oxygen atoms in total. The Bertz CT molecular complexity index is 407. The summed E-state index contributed by atoms with van der Waals surface area (Å²) >= 11 is 0. The molecule has 0 aliphatic rings. The molecule has 1 amide bonds. The molecular formula is C15H24N2O. The van der Waals surface area contributed by atoms with Crippen molar-refractivity contribution in [1.82, 2.24) is 5.32 Å². The van der Waals surface area contributed by atoms with E-state index >= 15 is 0 Å². The largest absolute Gasteiger partial charge is 0.325 e. The van der Waals surface area contributed by atoms with Crippen molar-refractivity contribution >= 4 is 11.6 Å². The van der Waals surface area contributed by atoms with Gasteiger partial charge in [-0.05, 0) is 30.9 Å². The van der Waals surface area contributed by atoms with Gasteiger partial charge in [-0.2, -0.15) is 0 Å². The molecule has 0 fully saturated rings. The minimum Gasteiger partial charge on any atom is -0.325 e. The van der Waals surface area contributed by atoms with Crippen molar-refractivity contribution in [3.63, 3.8) is 0 Å². The Morgan fingerprint density at radius 1 is 1.28 bits per heavy atom. The van der Waals surface area contributed by atoms with Gasteiger partial charge in [-0.25, -0.2) is 0 Å². The van der Waals surface area contributed by atoms with Gasteiger partial charge in [0.05, 0.1) is 6.54 Å². The molecule has 0 aromatic heterocycles. The topological polar surface area (TPSA) is 41.1 Å². The average molecular weight is 248 g/mol. The Labute approximate surface area is 110 Å². The molecule has 0 saturated heterocycles. The van der Waals surface area contributed by atoms with Gasteiger partial charge < -0.3 is 10.6 Å². The molecule has 1 rings (SSSR count). The number of anilines is 1. The molecule has 1 atom stereocenters. The number of hydrogen-bond donors (Lipinski definition) is 2. The van der Waals surface area contributed by atoms with Gasteiger partial charge in [-0.3, -0.25) is 4.79 Å². The normalized spacial score (nSPS) is 13.2. The zero-order chi connectivity index (χ0) is 13.8. The van der Waals surface area contributed by atoms with E-state index in [1.165, 1.54) is 0 Å². The molecule has 1 aromatic rings. The van der Waals surface area contributed by atoms with Crippen molar-refractivity contribution in [1.29, 1.82) is 0 Å². The lowest BCUT2D eigenvalue weighted by Gasteiger charge is -2.28. The first-order chi connectivity index (χ1) is 8.30. The van der Waals surface area contributed by atoms with Crippen LogP contribution in [0.25, 0.3) is 0 Å². The molecular weight excluding hydrogens is 224 g/mol. The fraction of sp³-hybridized carbons (Fsp3) is 0.533. The van der Waals surface area contributed by atoms with E-state index in [0.29, 0.717) is 12.6 Å². The quantitative estimate of drug-likeness (QED) is 0.860. The molecule has 0 heterocycles. The summed E-state index contributed by atoms with van der Waals surface area (Å²) in [6.07, 6.45) is 0. The molecule has 0 radical (unpaired) electrons. The lowest BCUT2D eigenvalue weighted by molar-refractivity contribution is -0.115. The summed E-state index contributed by atoms with van der Waals surface area (Å²) in [5.41, 5.74) is 2.12. The maximum Gasteiger partial charge on any atom is 0.238 e. The SMILES string of the molecule is Cc1ccccc1NC(=O)CNC(C)C(C)(C)C. The molecule has 0 aliphatic carbocycles. The highest BCUT2D eigenvalue weighted by atomic mass is 16.1. The summed E-state index contributed by atoms with van der Waals surface area (Å²) in [5, 5.41) is 6.17. The van der Waals surface area contributed by atoms with Gasteiger partial charge in [0, 0.05) is 11.7 Å². The predicted molar refractivity (Wildman–Crippen MR) is 76.7 cm³/mol. The number of para-hydroxylation sites is 1. The third-order valence-corrected chi connectivity index (χ3v) is 3.29. The van der Waals surface area contributed by atoms with Crippen LogP contribution < -0.4 is 10.6 Å². The second-order valence-corrected chi connectivity index (χ2v) is 5.83. The zero-order valence-corrected chi connectivity index (χ0v) is 12.0. The van der Waals surface area contributed by atoms with E-state index in [0.717, 1.165) is 11.3 Å². The molecule has 0 saturated carbocycles. The van der Waals surface area contributed by atoms with Crippen molar-refractivity contribution in [3.8, 4) is 0 Å². The highest BCUT2D eigenvalue weighted by molar-refractivity contribution is 5.92. The molecule has 0 aliphatic heterocycles. The summed E-state index contributed by atoms with van der Waals surface area (Å²) in [7, 11) is 0. The molecule has 18 heavy (non-hydrogen) atoms. The number of amides is 1. The number of benzene rings is 1. The molecule has 2 N–H and O–H groups in total. The van der Waals surface area contributed by atoms with Gasteiger partial charge in [0.1, 0.15) is 0 Å². The predicted octanol–water partition coefficient (Wildman–Crippen LogP) is 2.96. The van der Waals surface area contributed by atoms with E-state index in [4.69, 9.17) is 0 Å². The Morgan fingerprint density at radius 2 is 1.89 bits per heavy atom. The number of carbonyl (C=O) groups excluding carboxylic acids is 1. The van der Waals surface area contributed by atoms with Crippen LogP contribution in [-0.4, -0.2) is 18.5 Å². The van der Waals surface area contributed by atoms with Crippen LogP contribution in [0.3, 0.4) is 0 Å². The summed E-state index contributed by atoms with van der Waals surface area (Å²) in [6, 6.07) is 8.08. The molecule has 1 unspecified atom stereocenters. The van der Waals surface area contributed by atoms with Crippen LogP contribution >= 0.6 is 0 Å². The van der Waals surface area contributed by atoms with Crippen LogP contribution in [-0.2, 0) is 4.79 Å². The first-order valence-corrected chi connectivity index (χ1v) is 6.39. The number of carbonyl (C=O) groups is 1. The van der Waals surface area contributed by atoms with Gasteiger partial charge in [-0.1, -0.05) is 39.0 Å². The lowest BCUT2D eigenvalue weighted by atomic mass is 9.88. The molecule has 3 heteroatoms. The second kappa shape index (κ2) is 6.01. The van der Waals surface area contributed by atoms with Crippen molar-refractivity contribution < 1.29 is 4.79 Å². The summed E-state index contributed by atoms with van der Waals surface area (Å²) in [5.74, 6) is 0.000370. The molecule has 0 bridgehead atoms. The number of aryl methyl sites for hydroxylation is 1. The van der Waals surface area contributed by atoms with Crippen molar-refractivity contribution in [2.45, 2.75) is 40.7 Å². The highest BCUT2D eigenvalue weighted by Crippen LogP contribution is 2.18. The van der Waals surface area contributed by atoms with Crippen LogP contribution in [0.15, 0.2) is 24.3 Å². The monoisotopic (exact) mass is 248 g/mol. The van der Waals surface area contributed by atoms with Crippen molar-refractivity contribution in [2.24, 2.45) is 5.41 Å². The summed E-state index contributed by atoms with van der Waals surface area (Å²) < 4.78 is 0. The fourth-order valence-corrected chi connectivity index (χ4v) is 1.46. The van der Waals surface area contributed by atoms with Crippen molar-refractivity contribution in [2.75, 3.05) is 11.9 Å². The van der Waals surface area contributed by atoms with Crippen molar-refractivity contribution in [3.05, 3.63) is 29.8 Å². The molecule has 100 valence electrons. The lowest BCUT2D eigenvalue weighted by Crippen LogP contribution is -2.41. The highest BCUT2D eigenvalue weighted by Gasteiger charge is 2.19. The van der Waals surface area contributed by atoms with Gasteiger partial charge in [0.2, 0.25) is 5.91 Å². The Morgan fingerprint density at radius 3 is 2.44 bits per heavy atom. The molecule has 0 spiro atoms. The maximum absolute atomic E-state index is 11.8. The van der Waals surface area contributed by atoms with E-state index in [-0.39, 0.29) is 11.3 Å². The van der Waals surface area contributed by atoms with Crippen LogP contribution in [0.4, 0.5) is 5.69 Å². The first-order valence-electron chi connectivity index (χ1n) is 6.39. The fourth-order valence-electron chi connectivity index (χ4n) is 1.46. The Kier molecular flexibility index (Phi) is 4.91. The van der Waals surface area contributed by atoms with Gasteiger partial charge in [0.25, 0.3) is 0 Å². The number of rotatable bonds is 4. The summed E-state index contributed by atoms with van der Waals surface area (Å²) in [4.78, 5) is 11.8. The minimum absolute atomic E-state index is 0.000370. The zero-order valence-electron chi connectivity index (χ0n) is 12.0. The summed E-state index contributed by atoms with van der Waals surface area (Å²) in [6.45, 7) is 10.9. The number of hydrogen-bond acceptors (Lipinski definition) is 2. The third-order valence-electron chi connectivity index (χ3n) is 3.29. The average Bonchev–Trinajstić information content (AvgIpc) is 2.27. The maximum atomic E-state index is 11.8. The van der Waals surface area contributed by atoms with Crippen LogP contribution in [0.1, 0.15) is 33.3 Å². The second-order valence-electron chi connectivity index (χ2n) is 5.83. The smallest absolute Gasteiger partial charge is 0.238 e. The van der Waals surface area contributed by atoms with Gasteiger partial charge in [-0.15, -0.1) is 0 Å². The first kappa shape index (κ1) is 14.7. The van der Waals surface area contributed by atoms with Gasteiger partial charge in [0.15, 0.2) is 0 Å². The Balaban J connectivity index is 2.46. The minimum atomic E-state index is 0.000370. The number of nitrogens with one attached hydrogen (secondary N) is 2. The van der Waals surface area contributed by atoms with E-state index in [9.17, 15) is 4.79 Å². The van der Waals surface area contributed by atoms with E-state index in [1.807, 2.05) is 31.2 Å². The Hall–Kier alpha value is -1.35.